The van der Waals surface area contributed by atoms with Crippen LogP contribution in [0.3, 0.4) is 0 Å². The van der Waals surface area contributed by atoms with Gasteiger partial charge in [0.05, 0.1) is 23.4 Å². The van der Waals surface area contributed by atoms with E-state index >= 15 is 0 Å². The van der Waals surface area contributed by atoms with E-state index in [0.29, 0.717) is 16.6 Å². The number of hydrogen-bond acceptors (Lipinski definition) is 5. The van der Waals surface area contributed by atoms with Crippen molar-refractivity contribution < 1.29 is 4.74 Å². The first-order valence-electron chi connectivity index (χ1n) is 6.78. The fourth-order valence-electron chi connectivity index (χ4n) is 2.37. The summed E-state index contributed by atoms with van der Waals surface area (Å²) in [5.74, 6) is 4.09. The second kappa shape index (κ2) is 6.12. The molecule has 2 aromatic rings. The molecule has 3 rings (SSSR count). The quantitative estimate of drug-likeness (QED) is 0.922. The van der Waals surface area contributed by atoms with Gasteiger partial charge in [-0.15, -0.1) is 0 Å². The maximum Gasteiger partial charge on any atom is 0.167 e. The average Bonchev–Trinajstić information content (AvgIpc) is 2.95. The second-order valence-electron chi connectivity index (χ2n) is 4.66. The molecule has 110 valence electrons. The van der Waals surface area contributed by atoms with Gasteiger partial charge in [-0.05, 0) is 19.1 Å². The van der Waals surface area contributed by atoms with Crippen LogP contribution in [-0.4, -0.2) is 23.6 Å². The van der Waals surface area contributed by atoms with Gasteiger partial charge in [-0.2, -0.15) is 11.8 Å². The first-order chi connectivity index (χ1) is 10.2. The molecule has 1 aromatic heterocycles. The van der Waals surface area contributed by atoms with Crippen LogP contribution in [0.4, 0.5) is 5.82 Å². The van der Waals surface area contributed by atoms with Crippen LogP contribution >= 0.6 is 23.4 Å². The number of fused-ring (bicyclic) bond motifs is 1. The van der Waals surface area contributed by atoms with E-state index in [1.54, 1.807) is 7.11 Å². The van der Waals surface area contributed by atoms with Gasteiger partial charge in [-0.1, -0.05) is 17.7 Å². The Balaban J connectivity index is 2.18. The SMILES string of the molecule is CCNc1nc(-c2c(Cl)cccc2OC)nc2c1CSC2. The third-order valence-electron chi connectivity index (χ3n) is 3.34. The van der Waals surface area contributed by atoms with Gasteiger partial charge in [0, 0.05) is 23.6 Å². The lowest BCUT2D eigenvalue weighted by atomic mass is 10.1. The van der Waals surface area contributed by atoms with Crippen molar-refractivity contribution in [2.45, 2.75) is 18.4 Å². The Hall–Kier alpha value is -1.46. The standard InChI is InChI=1S/C15H16ClN3OS/c1-3-17-14-9-7-21-8-11(9)18-15(19-14)13-10(16)5-4-6-12(13)20-2/h4-6H,3,7-8H2,1-2H3,(H,17,18,19). The predicted octanol–water partition coefficient (Wildman–Crippen LogP) is 3.98. The van der Waals surface area contributed by atoms with E-state index in [-0.39, 0.29) is 0 Å². The Morgan fingerprint density at radius 1 is 1.33 bits per heavy atom. The van der Waals surface area contributed by atoms with Gasteiger partial charge in [0.15, 0.2) is 5.82 Å². The summed E-state index contributed by atoms with van der Waals surface area (Å²) in [6, 6.07) is 5.57. The van der Waals surface area contributed by atoms with E-state index in [4.69, 9.17) is 21.3 Å². The van der Waals surface area contributed by atoms with Crippen LogP contribution in [0.25, 0.3) is 11.4 Å². The summed E-state index contributed by atoms with van der Waals surface area (Å²) in [5.41, 5.74) is 3.04. The molecule has 21 heavy (non-hydrogen) atoms. The van der Waals surface area contributed by atoms with E-state index in [1.165, 1.54) is 5.56 Å². The molecule has 0 amide bonds. The molecule has 0 saturated heterocycles. The minimum Gasteiger partial charge on any atom is -0.496 e. The molecule has 1 aliphatic rings. The van der Waals surface area contributed by atoms with E-state index in [1.807, 2.05) is 30.0 Å². The minimum absolute atomic E-state index is 0.599. The predicted molar refractivity (Wildman–Crippen MR) is 88.2 cm³/mol. The molecule has 0 saturated carbocycles. The average molecular weight is 322 g/mol. The first-order valence-corrected chi connectivity index (χ1v) is 8.32. The summed E-state index contributed by atoms with van der Waals surface area (Å²) in [7, 11) is 1.63. The summed E-state index contributed by atoms with van der Waals surface area (Å²) >= 11 is 8.19. The third-order valence-corrected chi connectivity index (χ3v) is 4.63. The van der Waals surface area contributed by atoms with Crippen LogP contribution in [0.2, 0.25) is 5.02 Å². The lowest BCUT2D eigenvalue weighted by molar-refractivity contribution is 0.416. The van der Waals surface area contributed by atoms with Crippen molar-refractivity contribution in [2.75, 3.05) is 19.0 Å². The summed E-state index contributed by atoms with van der Waals surface area (Å²) in [6.07, 6.45) is 0. The summed E-state index contributed by atoms with van der Waals surface area (Å²) in [4.78, 5) is 9.37. The van der Waals surface area contributed by atoms with Crippen molar-refractivity contribution in [1.29, 1.82) is 0 Å². The lowest BCUT2D eigenvalue weighted by Crippen LogP contribution is -2.07. The number of hydrogen-bond donors (Lipinski definition) is 1. The number of anilines is 1. The van der Waals surface area contributed by atoms with Crippen molar-refractivity contribution in [3.05, 3.63) is 34.5 Å². The third kappa shape index (κ3) is 2.68. The minimum atomic E-state index is 0.599. The lowest BCUT2D eigenvalue weighted by Gasteiger charge is -2.13. The number of ether oxygens (including phenoxy) is 1. The van der Waals surface area contributed by atoms with Gasteiger partial charge in [0.2, 0.25) is 0 Å². The molecule has 0 radical (unpaired) electrons. The number of nitrogens with one attached hydrogen (secondary N) is 1. The molecule has 0 aliphatic carbocycles. The van der Waals surface area contributed by atoms with E-state index in [9.17, 15) is 0 Å². The number of aromatic nitrogens is 2. The van der Waals surface area contributed by atoms with E-state index < -0.39 is 0 Å². The molecule has 0 spiro atoms. The number of methoxy groups -OCH3 is 1. The van der Waals surface area contributed by atoms with Gasteiger partial charge in [-0.3, -0.25) is 0 Å². The van der Waals surface area contributed by atoms with Crippen molar-refractivity contribution in [1.82, 2.24) is 9.97 Å². The smallest absolute Gasteiger partial charge is 0.167 e. The van der Waals surface area contributed by atoms with Gasteiger partial charge in [0.25, 0.3) is 0 Å². The Labute approximate surface area is 133 Å². The maximum atomic E-state index is 6.34. The van der Waals surface area contributed by atoms with Crippen LogP contribution in [-0.2, 0) is 11.5 Å². The second-order valence-corrected chi connectivity index (χ2v) is 6.05. The molecule has 4 nitrogen and oxygen atoms in total. The van der Waals surface area contributed by atoms with Gasteiger partial charge in [-0.25, -0.2) is 9.97 Å². The van der Waals surface area contributed by atoms with Crippen LogP contribution in [0, 0.1) is 0 Å². The molecule has 0 bridgehead atoms. The molecule has 6 heteroatoms. The van der Waals surface area contributed by atoms with Crippen LogP contribution < -0.4 is 10.1 Å². The summed E-state index contributed by atoms with van der Waals surface area (Å²) in [5, 5.41) is 3.93. The maximum absolute atomic E-state index is 6.34. The monoisotopic (exact) mass is 321 g/mol. The molecule has 1 aliphatic heterocycles. The highest BCUT2D eigenvalue weighted by Crippen LogP contribution is 2.38. The largest absolute Gasteiger partial charge is 0.496 e. The Morgan fingerprint density at radius 2 is 2.19 bits per heavy atom. The molecule has 0 atom stereocenters. The summed E-state index contributed by atoms with van der Waals surface area (Å²) < 4.78 is 5.41. The zero-order valence-corrected chi connectivity index (χ0v) is 13.5. The molecule has 0 fully saturated rings. The van der Waals surface area contributed by atoms with Crippen molar-refractivity contribution in [2.24, 2.45) is 0 Å². The van der Waals surface area contributed by atoms with Crippen LogP contribution in [0.15, 0.2) is 18.2 Å². The summed E-state index contributed by atoms with van der Waals surface area (Å²) in [6.45, 7) is 2.89. The number of thioether (sulfide) groups is 1. The number of benzene rings is 1. The fraction of sp³-hybridized carbons (Fsp3) is 0.333. The van der Waals surface area contributed by atoms with Gasteiger partial charge in [0.1, 0.15) is 11.6 Å². The number of halogens is 1. The zero-order valence-electron chi connectivity index (χ0n) is 11.9. The molecular weight excluding hydrogens is 306 g/mol. The molecular formula is C15H16ClN3OS. The Morgan fingerprint density at radius 3 is 2.95 bits per heavy atom. The first kappa shape index (κ1) is 14.5. The highest BCUT2D eigenvalue weighted by Gasteiger charge is 2.22. The topological polar surface area (TPSA) is 47.0 Å². The van der Waals surface area contributed by atoms with Crippen LogP contribution in [0.1, 0.15) is 18.2 Å². The molecule has 1 N–H and O–H groups in total. The molecule has 0 unspecified atom stereocenters. The van der Waals surface area contributed by atoms with Crippen LogP contribution in [0.5, 0.6) is 5.75 Å². The van der Waals surface area contributed by atoms with Crippen molar-refractivity contribution >= 4 is 29.2 Å². The molecule has 2 heterocycles. The normalized spacial score (nSPS) is 13.1. The Bertz CT molecular complexity index is 678. The molecule has 1 aromatic carbocycles. The van der Waals surface area contributed by atoms with E-state index in [0.717, 1.165) is 35.1 Å². The Kier molecular flexibility index (Phi) is 4.22. The van der Waals surface area contributed by atoms with Gasteiger partial charge >= 0.3 is 0 Å². The van der Waals surface area contributed by atoms with Crippen molar-refractivity contribution in [3.63, 3.8) is 0 Å². The highest BCUT2D eigenvalue weighted by atomic mass is 35.5. The van der Waals surface area contributed by atoms with Crippen molar-refractivity contribution in [3.8, 4) is 17.1 Å². The fourth-order valence-corrected chi connectivity index (χ4v) is 3.66. The van der Waals surface area contributed by atoms with Gasteiger partial charge < -0.3 is 10.1 Å². The van der Waals surface area contributed by atoms with E-state index in [2.05, 4.69) is 17.2 Å². The zero-order chi connectivity index (χ0) is 14.8. The number of rotatable bonds is 4. The highest BCUT2D eigenvalue weighted by molar-refractivity contribution is 7.98. The number of nitrogens with zero attached hydrogens (tertiary/aromatic N) is 2.